The first-order valence-electron chi connectivity index (χ1n) is 9.59. The zero-order chi connectivity index (χ0) is 18.4. The van der Waals surface area contributed by atoms with Gasteiger partial charge < -0.3 is 4.42 Å². The van der Waals surface area contributed by atoms with Gasteiger partial charge in [0.25, 0.3) is 0 Å². The molecule has 0 spiro atoms. The number of aryl methyl sites for hydroxylation is 1. The number of benzene rings is 2. The summed E-state index contributed by atoms with van der Waals surface area (Å²) in [6.45, 7) is 4.37. The van der Waals surface area contributed by atoms with Gasteiger partial charge in [0.2, 0.25) is 0 Å². The number of para-hydroxylation sites is 1. The second-order valence-electron chi connectivity index (χ2n) is 7.51. The fourth-order valence-corrected chi connectivity index (χ4v) is 4.14. The average Bonchev–Trinajstić information content (AvgIpc) is 3.04. The van der Waals surface area contributed by atoms with Crippen molar-refractivity contribution in [3.05, 3.63) is 94.3 Å². The molecule has 27 heavy (non-hydrogen) atoms. The molecule has 3 aromatic rings. The van der Waals surface area contributed by atoms with Gasteiger partial charge in [0, 0.05) is 22.9 Å². The molecule has 0 saturated carbocycles. The van der Waals surface area contributed by atoms with Crippen molar-refractivity contribution in [2.75, 3.05) is 0 Å². The van der Waals surface area contributed by atoms with Crippen LogP contribution in [0.5, 0.6) is 0 Å². The highest BCUT2D eigenvalue weighted by molar-refractivity contribution is 6.02. The largest absolute Gasteiger partial charge is 0.460 e. The van der Waals surface area contributed by atoms with E-state index in [0.29, 0.717) is 0 Å². The quantitative estimate of drug-likeness (QED) is 0.449. The van der Waals surface area contributed by atoms with E-state index < -0.39 is 0 Å². The van der Waals surface area contributed by atoms with E-state index in [0.717, 1.165) is 29.7 Å². The lowest BCUT2D eigenvalue weighted by Gasteiger charge is -2.11. The molecule has 0 saturated heterocycles. The number of furan rings is 1. The summed E-state index contributed by atoms with van der Waals surface area (Å²) in [7, 11) is 0. The molecule has 2 aliphatic rings. The maximum absolute atomic E-state index is 6.37. The highest BCUT2D eigenvalue weighted by atomic mass is 16.3. The van der Waals surface area contributed by atoms with Crippen LogP contribution in [0.3, 0.4) is 0 Å². The molecule has 1 heteroatoms. The fraction of sp³-hybridized carbons (Fsp3) is 0.154. The van der Waals surface area contributed by atoms with Crippen LogP contribution in [0.15, 0.2) is 70.7 Å². The third-order valence-corrected chi connectivity index (χ3v) is 5.60. The Balaban J connectivity index is 1.74. The summed E-state index contributed by atoms with van der Waals surface area (Å²) in [5.74, 6) is 1.12. The smallest absolute Gasteiger partial charge is 0.142 e. The molecule has 1 nitrogen and oxygen atoms in total. The summed E-state index contributed by atoms with van der Waals surface area (Å²) in [6, 6.07) is 15.1. The van der Waals surface area contributed by atoms with E-state index in [1.165, 1.54) is 38.8 Å². The summed E-state index contributed by atoms with van der Waals surface area (Å²) in [5.41, 5.74) is 9.85. The predicted molar refractivity (Wildman–Crippen MR) is 115 cm³/mol. The van der Waals surface area contributed by atoms with E-state index in [2.05, 4.69) is 86.7 Å². The van der Waals surface area contributed by atoms with Crippen molar-refractivity contribution in [2.45, 2.75) is 26.7 Å². The van der Waals surface area contributed by atoms with E-state index >= 15 is 0 Å². The molecule has 0 radical (unpaired) electrons. The number of rotatable bonds is 1. The van der Waals surface area contributed by atoms with Gasteiger partial charge in [-0.1, -0.05) is 72.3 Å². The third kappa shape index (κ3) is 2.71. The SMILES string of the molecule is CC1=Cc2c(oc3c(C4=Cc5ccccc5/C(C)=C/C=C4)cccc23)CC1. The lowest BCUT2D eigenvalue weighted by molar-refractivity contribution is 0.542. The monoisotopic (exact) mass is 350 g/mol. The minimum absolute atomic E-state index is 0.992. The third-order valence-electron chi connectivity index (χ3n) is 5.60. The van der Waals surface area contributed by atoms with Gasteiger partial charge in [-0.25, -0.2) is 0 Å². The molecule has 132 valence electrons. The Morgan fingerprint density at radius 2 is 1.70 bits per heavy atom. The minimum Gasteiger partial charge on any atom is -0.460 e. The highest BCUT2D eigenvalue weighted by Gasteiger charge is 2.19. The first-order chi connectivity index (χ1) is 13.2. The van der Waals surface area contributed by atoms with Crippen LogP contribution in [0, 0.1) is 0 Å². The van der Waals surface area contributed by atoms with E-state index in [-0.39, 0.29) is 0 Å². The normalized spacial score (nSPS) is 17.9. The zero-order valence-electron chi connectivity index (χ0n) is 15.8. The topological polar surface area (TPSA) is 13.1 Å². The first-order valence-corrected chi connectivity index (χ1v) is 9.59. The van der Waals surface area contributed by atoms with Crippen LogP contribution >= 0.6 is 0 Å². The molecule has 1 aromatic heterocycles. The van der Waals surface area contributed by atoms with Crippen LogP contribution in [0.4, 0.5) is 0 Å². The van der Waals surface area contributed by atoms with Crippen LogP contribution in [-0.2, 0) is 6.42 Å². The van der Waals surface area contributed by atoms with E-state index in [4.69, 9.17) is 4.42 Å². The first kappa shape index (κ1) is 16.1. The molecular weight excluding hydrogens is 328 g/mol. The van der Waals surface area contributed by atoms with Crippen molar-refractivity contribution in [2.24, 2.45) is 0 Å². The zero-order valence-corrected chi connectivity index (χ0v) is 15.8. The van der Waals surface area contributed by atoms with Gasteiger partial charge in [-0.05, 0) is 48.6 Å². The van der Waals surface area contributed by atoms with Gasteiger partial charge in [0.05, 0.1) is 0 Å². The minimum atomic E-state index is 0.992. The molecule has 2 aliphatic carbocycles. The summed E-state index contributed by atoms with van der Waals surface area (Å²) in [6.07, 6.45) is 13.2. The van der Waals surface area contributed by atoms with Crippen molar-refractivity contribution < 1.29 is 4.42 Å². The molecule has 0 fully saturated rings. The van der Waals surface area contributed by atoms with E-state index in [1.54, 1.807) is 0 Å². The van der Waals surface area contributed by atoms with Gasteiger partial charge in [0.1, 0.15) is 11.3 Å². The number of hydrogen-bond donors (Lipinski definition) is 0. The molecule has 0 N–H and O–H groups in total. The Bertz CT molecular complexity index is 1180. The Morgan fingerprint density at radius 3 is 2.63 bits per heavy atom. The van der Waals surface area contributed by atoms with Crippen LogP contribution < -0.4 is 0 Å². The molecular formula is C26H22O. The molecule has 0 bridgehead atoms. The summed E-state index contributed by atoms with van der Waals surface area (Å²) in [5, 5.41) is 1.22. The van der Waals surface area contributed by atoms with Gasteiger partial charge in [-0.3, -0.25) is 0 Å². The van der Waals surface area contributed by atoms with Crippen molar-refractivity contribution in [1.29, 1.82) is 0 Å². The van der Waals surface area contributed by atoms with Crippen molar-refractivity contribution in [3.63, 3.8) is 0 Å². The summed E-state index contributed by atoms with van der Waals surface area (Å²) >= 11 is 0. The second-order valence-corrected chi connectivity index (χ2v) is 7.51. The molecule has 0 amide bonds. The standard InChI is InChI=1S/C26H22O/c1-17-13-14-25-24(15-17)23-12-6-11-22(26(23)27-25)20-9-5-7-18(2)21-10-4-3-8-19(21)16-20/h3-12,15-16H,13-14H2,1-2H3/b7-5?,9-5?,18-7+,19-16?,20-9?,20-16?,21-18?. The van der Waals surface area contributed by atoms with Gasteiger partial charge in [0.15, 0.2) is 0 Å². The molecule has 2 aromatic carbocycles. The Labute approximate surface area is 160 Å². The highest BCUT2D eigenvalue weighted by Crippen LogP contribution is 2.38. The van der Waals surface area contributed by atoms with Crippen molar-refractivity contribution in [3.8, 4) is 0 Å². The summed E-state index contributed by atoms with van der Waals surface area (Å²) in [4.78, 5) is 0. The van der Waals surface area contributed by atoms with E-state index in [1.807, 2.05) is 0 Å². The Kier molecular flexibility index (Phi) is 3.75. The number of allylic oxidation sites excluding steroid dienone is 6. The average molecular weight is 350 g/mol. The predicted octanol–water partition coefficient (Wildman–Crippen LogP) is 7.30. The van der Waals surface area contributed by atoms with Crippen LogP contribution in [0.1, 0.15) is 48.3 Å². The summed E-state index contributed by atoms with van der Waals surface area (Å²) < 4.78 is 6.37. The molecule has 0 aliphatic heterocycles. The fourth-order valence-electron chi connectivity index (χ4n) is 4.14. The maximum atomic E-state index is 6.37. The Morgan fingerprint density at radius 1 is 0.852 bits per heavy atom. The molecule has 0 atom stereocenters. The second kappa shape index (κ2) is 6.28. The lowest BCUT2D eigenvalue weighted by Crippen LogP contribution is -1.93. The van der Waals surface area contributed by atoms with Gasteiger partial charge in [-0.2, -0.15) is 0 Å². The molecule has 0 unspecified atom stereocenters. The van der Waals surface area contributed by atoms with Crippen molar-refractivity contribution >= 4 is 34.3 Å². The van der Waals surface area contributed by atoms with E-state index in [9.17, 15) is 0 Å². The number of hydrogen-bond acceptors (Lipinski definition) is 1. The van der Waals surface area contributed by atoms with Gasteiger partial charge >= 0.3 is 0 Å². The van der Waals surface area contributed by atoms with Crippen LogP contribution in [0.2, 0.25) is 0 Å². The maximum Gasteiger partial charge on any atom is 0.142 e. The molecule has 5 rings (SSSR count). The van der Waals surface area contributed by atoms with Crippen LogP contribution in [0.25, 0.3) is 34.3 Å². The lowest BCUT2D eigenvalue weighted by atomic mass is 9.92. The van der Waals surface area contributed by atoms with Crippen LogP contribution in [-0.4, -0.2) is 0 Å². The molecule has 1 heterocycles. The Hall–Kier alpha value is -3.06. The van der Waals surface area contributed by atoms with Crippen molar-refractivity contribution in [1.82, 2.24) is 0 Å². The number of fused-ring (bicyclic) bond motifs is 4. The van der Waals surface area contributed by atoms with Gasteiger partial charge in [-0.15, -0.1) is 0 Å².